The number of aromatic nitrogens is 1. The van der Waals surface area contributed by atoms with Crippen molar-refractivity contribution in [1.82, 2.24) is 9.88 Å². The zero-order valence-electron chi connectivity index (χ0n) is 19.2. The molecule has 2 atom stereocenters. The average Bonchev–Trinajstić information content (AvgIpc) is 3.16. The van der Waals surface area contributed by atoms with Crippen LogP contribution in [-0.4, -0.2) is 33.3 Å². The number of carbonyl (C=O) groups is 1. The Morgan fingerprint density at radius 3 is 2.58 bits per heavy atom. The molecule has 3 aliphatic carbocycles. The van der Waals surface area contributed by atoms with Gasteiger partial charge in [-0.15, -0.1) is 11.6 Å². The molecule has 172 valence electrons. The Morgan fingerprint density at radius 2 is 1.91 bits per heavy atom. The van der Waals surface area contributed by atoms with Gasteiger partial charge < -0.3 is 15.2 Å². The van der Waals surface area contributed by atoms with Gasteiger partial charge in [-0.3, -0.25) is 4.79 Å². The van der Waals surface area contributed by atoms with Gasteiger partial charge in [-0.2, -0.15) is 0 Å². The van der Waals surface area contributed by atoms with Crippen LogP contribution < -0.4 is 5.32 Å². The molecule has 3 aromatic rings. The number of amides is 1. The molecule has 3 fully saturated rings. The first kappa shape index (κ1) is 21.1. The number of benzene rings is 2. The van der Waals surface area contributed by atoms with Crippen LogP contribution in [0.4, 0.5) is 5.69 Å². The molecule has 33 heavy (non-hydrogen) atoms. The number of halogens is 1. The second-order valence-corrected chi connectivity index (χ2v) is 10.7. The van der Waals surface area contributed by atoms with Gasteiger partial charge in [0.05, 0.1) is 6.04 Å². The van der Waals surface area contributed by atoms with E-state index < -0.39 is 0 Å². The minimum absolute atomic E-state index is 0.0119. The highest BCUT2D eigenvalue weighted by Gasteiger charge is 2.56. The summed E-state index contributed by atoms with van der Waals surface area (Å²) in [5.41, 5.74) is 6.32. The van der Waals surface area contributed by atoms with Gasteiger partial charge in [0.1, 0.15) is 5.88 Å². The number of unbranched alkanes of at least 4 members (excludes halogenated alkanes) is 1. The van der Waals surface area contributed by atoms with Crippen molar-refractivity contribution in [2.75, 3.05) is 11.2 Å². The number of nitrogens with one attached hydrogen (secondary N) is 2. The van der Waals surface area contributed by atoms with Crippen molar-refractivity contribution in [1.29, 1.82) is 0 Å². The zero-order chi connectivity index (χ0) is 22.6. The fourth-order valence-electron chi connectivity index (χ4n) is 6.47. The fourth-order valence-corrected chi connectivity index (χ4v) is 6.61. The zero-order valence-corrected chi connectivity index (χ0v) is 20.0. The van der Waals surface area contributed by atoms with E-state index in [1.807, 2.05) is 0 Å². The Kier molecular flexibility index (Phi) is 5.17. The first-order valence-electron chi connectivity index (χ1n) is 12.5. The van der Waals surface area contributed by atoms with E-state index in [1.54, 1.807) is 0 Å². The average molecular weight is 462 g/mol. The van der Waals surface area contributed by atoms with Gasteiger partial charge >= 0.3 is 0 Å². The second kappa shape index (κ2) is 8.09. The Hall–Kier alpha value is -2.46. The van der Waals surface area contributed by atoms with Crippen LogP contribution in [0.25, 0.3) is 10.9 Å². The number of rotatable bonds is 7. The van der Waals surface area contributed by atoms with Crippen molar-refractivity contribution in [2.24, 2.45) is 5.92 Å². The second-order valence-electron chi connectivity index (χ2n) is 10.4. The lowest BCUT2D eigenvalue weighted by molar-refractivity contribution is -0.133. The van der Waals surface area contributed by atoms with Crippen molar-refractivity contribution in [3.63, 3.8) is 0 Å². The molecular formula is C28H32ClN3O. The van der Waals surface area contributed by atoms with Crippen LogP contribution in [0, 0.1) is 5.92 Å². The maximum atomic E-state index is 13.2. The van der Waals surface area contributed by atoms with Crippen LogP contribution in [0.15, 0.2) is 48.5 Å². The quantitative estimate of drug-likeness (QED) is 0.399. The van der Waals surface area contributed by atoms with Gasteiger partial charge in [-0.1, -0.05) is 50.1 Å². The molecule has 4 nitrogen and oxygen atoms in total. The third kappa shape index (κ3) is 3.45. The van der Waals surface area contributed by atoms with Crippen LogP contribution in [0.3, 0.4) is 0 Å². The molecule has 2 heterocycles. The predicted molar refractivity (Wildman–Crippen MR) is 135 cm³/mol. The molecule has 0 radical (unpaired) electrons. The summed E-state index contributed by atoms with van der Waals surface area (Å²) in [5, 5.41) is 5.04. The Labute approximate surface area is 200 Å². The summed E-state index contributed by atoms with van der Waals surface area (Å²) in [7, 11) is 0. The molecule has 3 saturated carbocycles. The highest BCUT2D eigenvalue weighted by Crippen LogP contribution is 2.58. The van der Waals surface area contributed by atoms with Gasteiger partial charge in [-0.25, -0.2) is 0 Å². The lowest BCUT2D eigenvalue weighted by atomic mass is 9.50. The molecule has 0 unspecified atom stereocenters. The number of anilines is 1. The monoisotopic (exact) mass is 461 g/mol. The van der Waals surface area contributed by atoms with Crippen molar-refractivity contribution in [3.05, 3.63) is 65.4 Å². The van der Waals surface area contributed by atoms with Crippen molar-refractivity contribution < 1.29 is 4.79 Å². The molecule has 1 aliphatic heterocycles. The molecule has 1 aromatic heterocycles. The number of alkyl halides is 1. The molecule has 1 amide bonds. The minimum Gasteiger partial charge on any atom is -0.380 e. The summed E-state index contributed by atoms with van der Waals surface area (Å²) in [4.78, 5) is 19.0. The Morgan fingerprint density at radius 1 is 1.15 bits per heavy atom. The normalized spacial score (nSPS) is 27.6. The van der Waals surface area contributed by atoms with Crippen molar-refractivity contribution >= 4 is 34.1 Å². The SMILES string of the molecule is CCCC[C@H]1Cc2c([nH]c3ccccc23)[C@H](c2ccc(NC34CC(C3)C4)cc2)N1C(=O)CCl. The van der Waals surface area contributed by atoms with E-state index >= 15 is 0 Å². The third-order valence-electron chi connectivity index (χ3n) is 8.20. The van der Waals surface area contributed by atoms with E-state index in [0.717, 1.165) is 48.4 Å². The van der Waals surface area contributed by atoms with Gasteiger partial charge in [0.2, 0.25) is 5.91 Å². The highest BCUT2D eigenvalue weighted by atomic mass is 35.5. The number of nitrogens with zero attached hydrogens (tertiary/aromatic N) is 1. The van der Waals surface area contributed by atoms with Gasteiger partial charge in [0, 0.05) is 33.9 Å². The van der Waals surface area contributed by atoms with E-state index in [1.165, 1.54) is 35.9 Å². The number of H-pyrrole nitrogens is 1. The largest absolute Gasteiger partial charge is 0.380 e. The summed E-state index contributed by atoms with van der Waals surface area (Å²) in [6.45, 7) is 2.21. The van der Waals surface area contributed by atoms with Crippen molar-refractivity contribution in [3.8, 4) is 0 Å². The maximum Gasteiger partial charge on any atom is 0.238 e. The predicted octanol–water partition coefficient (Wildman–Crippen LogP) is 6.40. The number of aromatic amines is 1. The first-order chi connectivity index (χ1) is 16.1. The van der Waals surface area contributed by atoms with Crippen molar-refractivity contribution in [2.45, 2.75) is 69.5 Å². The molecule has 4 aliphatic rings. The fraction of sp³-hybridized carbons (Fsp3) is 0.464. The van der Waals surface area contributed by atoms with Gasteiger partial charge in [0.15, 0.2) is 0 Å². The molecule has 7 rings (SSSR count). The molecule has 2 aromatic carbocycles. The van der Waals surface area contributed by atoms with E-state index in [2.05, 4.69) is 70.7 Å². The molecule has 0 saturated heterocycles. The maximum absolute atomic E-state index is 13.2. The lowest BCUT2D eigenvalue weighted by Gasteiger charge is -2.62. The summed E-state index contributed by atoms with van der Waals surface area (Å²) in [6, 6.07) is 17.3. The number of fused-ring (bicyclic) bond motifs is 3. The first-order valence-corrected chi connectivity index (χ1v) is 13.0. The Balaban J connectivity index is 1.41. The summed E-state index contributed by atoms with van der Waals surface area (Å²) >= 11 is 6.16. The molecular weight excluding hydrogens is 430 g/mol. The van der Waals surface area contributed by atoms with Gasteiger partial charge in [-0.05, 0) is 67.3 Å². The van der Waals surface area contributed by atoms with E-state index in [-0.39, 0.29) is 23.9 Å². The van der Waals surface area contributed by atoms with E-state index in [9.17, 15) is 4.79 Å². The number of carbonyl (C=O) groups excluding carboxylic acids is 1. The van der Waals surface area contributed by atoms with Gasteiger partial charge in [0.25, 0.3) is 0 Å². The lowest BCUT2D eigenvalue weighted by Crippen LogP contribution is -2.63. The topological polar surface area (TPSA) is 48.1 Å². The molecule has 0 spiro atoms. The summed E-state index contributed by atoms with van der Waals surface area (Å²) < 4.78 is 0. The van der Waals surface area contributed by atoms with Crippen LogP contribution in [-0.2, 0) is 11.2 Å². The molecule has 5 heteroatoms. The number of hydrogen-bond acceptors (Lipinski definition) is 2. The smallest absolute Gasteiger partial charge is 0.238 e. The van der Waals surface area contributed by atoms with E-state index in [4.69, 9.17) is 11.6 Å². The number of hydrogen-bond donors (Lipinski definition) is 2. The standard InChI is InChI=1S/C28H32ClN3O/c1-2-3-6-21-13-23-22-7-4-5-8-24(22)30-26(23)27(32(21)25(33)17-29)19-9-11-20(12-10-19)31-28-14-18(15-28)16-28/h4-5,7-12,18,21,27,30-31H,2-3,6,13-17H2,1H3/t18?,21-,27-,28?/m0/s1. The Bertz CT molecular complexity index is 1170. The van der Waals surface area contributed by atoms with Crippen LogP contribution in [0.2, 0.25) is 0 Å². The van der Waals surface area contributed by atoms with E-state index in [0.29, 0.717) is 5.54 Å². The summed E-state index contributed by atoms with van der Waals surface area (Å²) in [6.07, 6.45) is 8.04. The molecule has 2 bridgehead atoms. The third-order valence-corrected chi connectivity index (χ3v) is 8.43. The summed E-state index contributed by atoms with van der Waals surface area (Å²) in [5.74, 6) is 0.982. The van der Waals surface area contributed by atoms with Crippen LogP contribution in [0.5, 0.6) is 0 Å². The molecule has 2 N–H and O–H groups in total. The van der Waals surface area contributed by atoms with Crippen LogP contribution in [0.1, 0.15) is 68.3 Å². The number of para-hydroxylation sites is 1. The minimum atomic E-state index is -0.141. The van der Waals surface area contributed by atoms with Crippen LogP contribution >= 0.6 is 11.6 Å². The highest BCUT2D eigenvalue weighted by molar-refractivity contribution is 6.27.